The zero-order valence-corrected chi connectivity index (χ0v) is 19.6. The number of hydrogen-bond donors (Lipinski definition) is 3. The monoisotopic (exact) mass is 470 g/mol. The Morgan fingerprint density at radius 3 is 2.60 bits per heavy atom. The van der Waals surface area contributed by atoms with E-state index >= 15 is 0 Å². The molecule has 7 heteroatoms. The van der Waals surface area contributed by atoms with Crippen LogP contribution in [-0.2, 0) is 22.4 Å². The number of aromatic amines is 1. The van der Waals surface area contributed by atoms with Gasteiger partial charge in [0.15, 0.2) is 0 Å². The van der Waals surface area contributed by atoms with Crippen molar-refractivity contribution in [1.29, 1.82) is 0 Å². The number of H-pyrrole nitrogens is 1. The van der Waals surface area contributed by atoms with Gasteiger partial charge in [0.25, 0.3) is 0 Å². The molecule has 2 heterocycles. The Morgan fingerprint density at radius 2 is 1.74 bits per heavy atom. The maximum Gasteiger partial charge on any atom is 0.410 e. The van der Waals surface area contributed by atoms with Crippen molar-refractivity contribution in [1.82, 2.24) is 20.5 Å². The second-order valence-electron chi connectivity index (χ2n) is 8.97. The van der Waals surface area contributed by atoms with Crippen molar-refractivity contribution in [3.05, 3.63) is 84.1 Å². The number of carbonyl (C=O) groups excluding carboxylic acids is 2. The van der Waals surface area contributed by atoms with Gasteiger partial charge in [-0.3, -0.25) is 4.79 Å². The smallest absolute Gasteiger partial charge is 0.410 e. The lowest BCUT2D eigenvalue weighted by Gasteiger charge is -2.29. The number of nitrogens with one attached hydrogen (secondary N) is 3. The Bertz CT molecular complexity index is 1330. The molecule has 5 rings (SSSR count). The summed E-state index contributed by atoms with van der Waals surface area (Å²) >= 11 is 0. The molecule has 1 aromatic heterocycles. The molecule has 1 atom stereocenters. The first-order valence-electron chi connectivity index (χ1n) is 12.1. The average Bonchev–Trinajstić information content (AvgIpc) is 3.30. The molecule has 35 heavy (non-hydrogen) atoms. The summed E-state index contributed by atoms with van der Waals surface area (Å²) in [5.74, 6) is -0.100. The van der Waals surface area contributed by atoms with Crippen LogP contribution in [-0.4, -0.2) is 60.7 Å². The fourth-order valence-corrected chi connectivity index (χ4v) is 4.59. The highest BCUT2D eigenvalue weighted by Gasteiger charge is 2.23. The van der Waals surface area contributed by atoms with E-state index < -0.39 is 6.10 Å². The largest absolute Gasteiger partial charge is 0.444 e. The Kier molecular flexibility index (Phi) is 6.95. The maximum atomic E-state index is 12.8. The Labute approximate surface area is 204 Å². The van der Waals surface area contributed by atoms with E-state index in [0.717, 1.165) is 45.9 Å². The molecule has 0 bridgehead atoms. The quantitative estimate of drug-likeness (QED) is 0.385. The molecule has 0 unspecified atom stereocenters. The van der Waals surface area contributed by atoms with Crippen LogP contribution in [0.3, 0.4) is 0 Å². The predicted octanol–water partition coefficient (Wildman–Crippen LogP) is 3.63. The third-order valence-electron chi connectivity index (χ3n) is 6.47. The van der Waals surface area contributed by atoms with Crippen molar-refractivity contribution < 1.29 is 14.3 Å². The van der Waals surface area contributed by atoms with Gasteiger partial charge in [-0.05, 0) is 28.0 Å². The number of ether oxygens (including phenoxy) is 1. The number of amides is 2. The molecule has 0 aliphatic carbocycles. The lowest BCUT2D eigenvalue weighted by molar-refractivity contribution is -0.120. The molecular weight excluding hydrogens is 440 g/mol. The van der Waals surface area contributed by atoms with Gasteiger partial charge in [-0.1, -0.05) is 60.7 Å². The van der Waals surface area contributed by atoms with E-state index in [9.17, 15) is 9.59 Å². The van der Waals surface area contributed by atoms with E-state index in [4.69, 9.17) is 4.74 Å². The topological polar surface area (TPSA) is 86.5 Å². The molecule has 180 valence electrons. The van der Waals surface area contributed by atoms with Crippen LogP contribution in [0.5, 0.6) is 0 Å². The number of piperazine rings is 1. The highest BCUT2D eigenvalue weighted by molar-refractivity contribution is 5.89. The first kappa shape index (κ1) is 22.9. The number of rotatable bonds is 7. The fraction of sp³-hybridized carbons (Fsp3) is 0.286. The molecule has 3 N–H and O–H groups in total. The molecule has 2 amide bonds. The van der Waals surface area contributed by atoms with Gasteiger partial charge in [0.05, 0.1) is 13.0 Å². The molecule has 1 fully saturated rings. The van der Waals surface area contributed by atoms with E-state index in [2.05, 4.69) is 45.9 Å². The zero-order chi connectivity index (χ0) is 24.0. The average molecular weight is 471 g/mol. The first-order chi connectivity index (χ1) is 17.2. The Morgan fingerprint density at radius 1 is 0.971 bits per heavy atom. The summed E-state index contributed by atoms with van der Waals surface area (Å²) in [4.78, 5) is 30.5. The molecule has 0 spiro atoms. The highest BCUT2D eigenvalue weighted by atomic mass is 16.6. The van der Waals surface area contributed by atoms with E-state index in [1.54, 1.807) is 4.90 Å². The van der Waals surface area contributed by atoms with Crippen LogP contribution in [0, 0.1) is 0 Å². The second-order valence-corrected chi connectivity index (χ2v) is 8.97. The highest BCUT2D eigenvalue weighted by Crippen LogP contribution is 2.19. The van der Waals surface area contributed by atoms with Crippen LogP contribution in [0.2, 0.25) is 0 Å². The minimum atomic E-state index is -0.467. The van der Waals surface area contributed by atoms with Gasteiger partial charge in [-0.15, -0.1) is 0 Å². The number of fused-ring (bicyclic) bond motifs is 2. The van der Waals surface area contributed by atoms with Gasteiger partial charge >= 0.3 is 6.09 Å². The Hall–Kier alpha value is -3.84. The minimum absolute atomic E-state index is 0.100. The summed E-state index contributed by atoms with van der Waals surface area (Å²) in [5, 5.41) is 9.58. The van der Waals surface area contributed by atoms with Crippen molar-refractivity contribution >= 4 is 33.7 Å². The molecule has 7 nitrogen and oxygen atoms in total. The predicted molar refractivity (Wildman–Crippen MR) is 137 cm³/mol. The number of benzene rings is 3. The third-order valence-corrected chi connectivity index (χ3v) is 6.47. The molecular formula is C28H30N4O3. The van der Waals surface area contributed by atoms with E-state index in [1.165, 1.54) is 0 Å². The van der Waals surface area contributed by atoms with E-state index in [1.807, 2.05) is 42.6 Å². The summed E-state index contributed by atoms with van der Waals surface area (Å²) in [6.07, 6.45) is 1.86. The fourth-order valence-electron chi connectivity index (χ4n) is 4.59. The van der Waals surface area contributed by atoms with Crippen molar-refractivity contribution in [2.24, 2.45) is 0 Å². The lowest BCUT2D eigenvalue weighted by Crippen LogP contribution is -2.48. The van der Waals surface area contributed by atoms with Crippen LogP contribution in [0.4, 0.5) is 4.79 Å². The summed E-state index contributed by atoms with van der Waals surface area (Å²) in [7, 11) is 0. The zero-order valence-electron chi connectivity index (χ0n) is 19.6. The van der Waals surface area contributed by atoms with Crippen LogP contribution >= 0.6 is 0 Å². The number of para-hydroxylation sites is 1. The molecule has 0 saturated carbocycles. The first-order valence-corrected chi connectivity index (χ1v) is 12.1. The minimum Gasteiger partial charge on any atom is -0.444 e. The van der Waals surface area contributed by atoms with E-state index in [-0.39, 0.29) is 25.0 Å². The number of nitrogens with zero attached hydrogens (tertiary/aromatic N) is 1. The van der Waals surface area contributed by atoms with Crippen LogP contribution in [0.15, 0.2) is 72.9 Å². The van der Waals surface area contributed by atoms with Crippen LogP contribution in [0.1, 0.15) is 11.1 Å². The SMILES string of the molecule is O=C(Cc1c[nH]c2ccccc12)NC[C@@H](Cc1ccc2ccccc2c1)OC(=O)N1CCNCC1. The van der Waals surface area contributed by atoms with Gasteiger partial charge in [0.2, 0.25) is 5.91 Å². The third kappa shape index (κ3) is 5.63. The van der Waals surface area contributed by atoms with Crippen LogP contribution in [0.25, 0.3) is 21.7 Å². The van der Waals surface area contributed by atoms with Gasteiger partial charge in [0, 0.05) is 49.7 Å². The molecule has 3 aromatic carbocycles. The standard InChI is InChI=1S/C28H30N4O3/c33-27(17-23-18-30-26-8-4-3-7-25(23)26)31-19-24(35-28(34)32-13-11-29-12-14-32)16-20-9-10-21-5-1-2-6-22(21)15-20/h1-10,15,18,24,29-30H,11-14,16-17,19H2,(H,31,33)/t24-/m1/s1. The van der Waals surface area contributed by atoms with Gasteiger partial charge < -0.3 is 25.3 Å². The molecule has 1 saturated heterocycles. The molecule has 4 aromatic rings. The van der Waals surface area contributed by atoms with Crippen LogP contribution < -0.4 is 10.6 Å². The second kappa shape index (κ2) is 10.6. The van der Waals surface area contributed by atoms with Crippen molar-refractivity contribution in [2.75, 3.05) is 32.7 Å². The summed E-state index contributed by atoms with van der Waals surface area (Å²) in [5.41, 5.74) is 3.02. The normalized spacial score (nSPS) is 14.7. The lowest BCUT2D eigenvalue weighted by atomic mass is 10.0. The molecule has 0 radical (unpaired) electrons. The van der Waals surface area contributed by atoms with Gasteiger partial charge in [0.1, 0.15) is 6.10 Å². The van der Waals surface area contributed by atoms with Crippen molar-refractivity contribution in [3.63, 3.8) is 0 Å². The molecule has 1 aliphatic rings. The maximum absolute atomic E-state index is 12.8. The van der Waals surface area contributed by atoms with Crippen molar-refractivity contribution in [2.45, 2.75) is 18.9 Å². The van der Waals surface area contributed by atoms with E-state index in [0.29, 0.717) is 19.5 Å². The Balaban J connectivity index is 1.26. The summed E-state index contributed by atoms with van der Waals surface area (Å²) < 4.78 is 5.90. The number of carbonyl (C=O) groups is 2. The summed E-state index contributed by atoms with van der Waals surface area (Å²) in [6, 6.07) is 22.4. The molecule has 1 aliphatic heterocycles. The number of hydrogen-bond acceptors (Lipinski definition) is 4. The summed E-state index contributed by atoms with van der Waals surface area (Å²) in [6.45, 7) is 3.01. The van der Waals surface area contributed by atoms with Gasteiger partial charge in [-0.25, -0.2) is 4.79 Å². The number of aromatic nitrogens is 1. The van der Waals surface area contributed by atoms with Crippen molar-refractivity contribution in [3.8, 4) is 0 Å². The van der Waals surface area contributed by atoms with Gasteiger partial charge in [-0.2, -0.15) is 0 Å².